The van der Waals surface area contributed by atoms with E-state index in [2.05, 4.69) is 261 Å². The van der Waals surface area contributed by atoms with Crippen LogP contribution in [0.25, 0.3) is 66.8 Å². The average Bonchev–Trinajstić information content (AvgIpc) is 3.37. The summed E-state index contributed by atoms with van der Waals surface area (Å²) in [4.78, 5) is 0.722. The molecule has 1 aliphatic carbocycles. The topological polar surface area (TPSA) is 0 Å². The van der Waals surface area contributed by atoms with Gasteiger partial charge in [-0.3, -0.25) is 0 Å². The first kappa shape index (κ1) is 56.0. The Bertz CT molecular complexity index is 2620. The molecule has 1 saturated carbocycles. The molecule has 0 N–H and O–H groups in total. The average molecular weight is 1160 g/mol. The normalized spacial score (nSPS) is 15.4. The molecule has 0 aromatic heterocycles. The Balaban J connectivity index is 1.50. The second-order valence-electron chi connectivity index (χ2n) is 24.3. The van der Waals surface area contributed by atoms with E-state index in [1.165, 1.54) is 141 Å². The fraction of sp³-hybridized carbons (Fsp3) is 0.417. The van der Waals surface area contributed by atoms with Crippen molar-refractivity contribution < 1.29 is 0 Å². The van der Waals surface area contributed by atoms with E-state index in [1.807, 2.05) is 0 Å². The first-order valence-electron chi connectivity index (χ1n) is 28.5. The molecular weight excluding hydrogens is 1070 g/mol. The van der Waals surface area contributed by atoms with Crippen LogP contribution in [0, 0.1) is 0 Å². The van der Waals surface area contributed by atoms with Crippen LogP contribution >= 0.6 is 22.6 Å². The van der Waals surface area contributed by atoms with Crippen molar-refractivity contribution in [3.8, 4) is 66.8 Å². The third-order valence-corrected chi connectivity index (χ3v) is 21.5. The van der Waals surface area contributed by atoms with E-state index in [0.717, 1.165) is 4.82 Å². The number of rotatable bonds is 16. The van der Waals surface area contributed by atoms with E-state index in [9.17, 15) is 0 Å². The fourth-order valence-corrected chi connectivity index (χ4v) is 16.4. The molecule has 0 heterocycles. The van der Waals surface area contributed by atoms with Crippen LogP contribution in [0.5, 0.6) is 0 Å². The Morgan fingerprint density at radius 1 is 0.311 bits per heavy atom. The van der Waals surface area contributed by atoms with E-state index in [-0.39, 0.29) is 0 Å². The van der Waals surface area contributed by atoms with Crippen LogP contribution in [0.2, 0.25) is 4.82 Å². The zero-order valence-corrected chi connectivity index (χ0v) is 51.9. The predicted octanol–water partition coefficient (Wildman–Crippen LogP) is 22.2. The van der Waals surface area contributed by atoms with Gasteiger partial charge < -0.3 is 0 Å². The summed E-state index contributed by atoms with van der Waals surface area (Å²) >= 11 is 3.12. The van der Waals surface area contributed by atoms with Gasteiger partial charge in [-0.05, 0) is 0 Å². The van der Waals surface area contributed by atoms with Crippen LogP contribution in [-0.2, 0) is 0 Å². The number of halogens is 1. The zero-order valence-electron chi connectivity index (χ0n) is 48.0. The number of hydrogen-bond donors (Lipinski definition) is 0. The Kier molecular flexibility index (Phi) is 18.2. The molecule has 1 aliphatic rings. The Morgan fingerprint density at radius 2 is 0.527 bits per heavy atom. The second-order valence-corrected chi connectivity index (χ2v) is 28.6. The summed E-state index contributed by atoms with van der Waals surface area (Å²) in [6.07, 6.45) is 5.36. The van der Waals surface area contributed by atoms with Gasteiger partial charge in [-0.1, -0.05) is 0 Å². The van der Waals surface area contributed by atoms with E-state index in [4.69, 9.17) is 0 Å². The van der Waals surface area contributed by atoms with E-state index >= 15 is 0 Å². The van der Waals surface area contributed by atoms with Gasteiger partial charge in [0.2, 0.25) is 0 Å². The molecule has 7 aromatic rings. The van der Waals surface area contributed by atoms with Crippen LogP contribution in [0.1, 0.15) is 228 Å². The van der Waals surface area contributed by atoms with Gasteiger partial charge in [-0.15, -0.1) is 0 Å². The van der Waals surface area contributed by atoms with Gasteiger partial charge in [0, 0.05) is 0 Å². The number of hydrogen-bond acceptors (Lipinski definition) is 0. The molecular formula is C72H87ISe. The quantitative estimate of drug-likeness (QED) is 0.0514. The van der Waals surface area contributed by atoms with Gasteiger partial charge in [0.05, 0.1) is 0 Å². The van der Waals surface area contributed by atoms with Crippen LogP contribution in [-0.4, -0.2) is 18.9 Å². The molecule has 0 nitrogen and oxygen atoms in total. The van der Waals surface area contributed by atoms with E-state index in [1.54, 1.807) is 0 Å². The van der Waals surface area contributed by atoms with E-state index < -0.39 is 0 Å². The Labute approximate surface area is 469 Å². The van der Waals surface area contributed by atoms with Gasteiger partial charge in [0.25, 0.3) is 0 Å². The fourth-order valence-electron chi connectivity index (χ4n) is 12.1. The minimum absolute atomic E-state index is 0.312. The molecule has 0 saturated heterocycles. The van der Waals surface area contributed by atoms with Gasteiger partial charge in [-0.25, -0.2) is 0 Å². The molecule has 2 atom stereocenters. The second kappa shape index (κ2) is 24.0. The van der Waals surface area contributed by atoms with Crippen molar-refractivity contribution in [2.45, 2.75) is 193 Å². The summed E-state index contributed by atoms with van der Waals surface area (Å²) in [5.74, 6) is 3.07. The van der Waals surface area contributed by atoms with Crippen molar-refractivity contribution in [3.05, 3.63) is 172 Å². The van der Waals surface area contributed by atoms with E-state index in [0.29, 0.717) is 66.2 Å². The third-order valence-electron chi connectivity index (χ3n) is 16.0. The maximum absolute atomic E-state index is 2.81. The summed E-state index contributed by atoms with van der Waals surface area (Å²) in [5, 5.41) is 0. The molecule has 388 valence electrons. The van der Waals surface area contributed by atoms with Gasteiger partial charge in [-0.2, -0.15) is 0 Å². The molecule has 0 amide bonds. The van der Waals surface area contributed by atoms with Gasteiger partial charge in [0.1, 0.15) is 0 Å². The zero-order chi connectivity index (χ0) is 53.3. The number of alkyl halides is 1. The summed E-state index contributed by atoms with van der Waals surface area (Å²) in [5.41, 5.74) is 27.7. The summed E-state index contributed by atoms with van der Waals surface area (Å²) < 4.78 is 2.23. The van der Waals surface area contributed by atoms with Crippen molar-refractivity contribution in [1.29, 1.82) is 0 Å². The standard InChI is InChI=1S/C72H87ISe/c1-42(2)59-23-19-24-60(43(3)4)69(59)54-34-50(35-55(38-54)70-61(44(5)6)25-20-26-62(70)45(7)8)52-33-53(41-58(40-52)74-68-32-18-17-31-67(68)73)51-36-56(71-63(46(9)10)27-21-28-64(71)47(11)12)39-57(37-51)72-65(48(13)14)29-22-30-66(72)49(15)16/h19-30,33-49,67-68H,17-18,31-32H2,1-16H3/t67-,68-/m1/s1. The Morgan fingerprint density at radius 3 is 0.770 bits per heavy atom. The number of benzene rings is 7. The third kappa shape index (κ3) is 12.0. The predicted molar refractivity (Wildman–Crippen MR) is 337 cm³/mol. The molecule has 0 radical (unpaired) electrons. The van der Waals surface area contributed by atoms with Crippen LogP contribution < -0.4 is 4.46 Å². The SMILES string of the molecule is CC(C)c1cccc(C(C)C)c1-c1cc(-c2cc([Se][C@@H]3CCCC[C@H]3I)cc(-c3cc(-c4c(C(C)C)cccc4C(C)C)cc(-c4c(C(C)C)cccc4C(C)C)c3)c2)cc(-c2c(C(C)C)cccc2C(C)C)c1. The molecule has 2 heteroatoms. The van der Waals surface area contributed by atoms with Crippen molar-refractivity contribution in [2.75, 3.05) is 0 Å². The van der Waals surface area contributed by atoms with Crippen LogP contribution in [0.3, 0.4) is 0 Å². The minimum atomic E-state index is 0.312. The van der Waals surface area contributed by atoms with Gasteiger partial charge in [0.15, 0.2) is 0 Å². The molecule has 0 spiro atoms. The van der Waals surface area contributed by atoms with Crippen molar-refractivity contribution in [2.24, 2.45) is 0 Å². The molecule has 74 heavy (non-hydrogen) atoms. The Hall–Kier alpha value is -4.21. The van der Waals surface area contributed by atoms with Crippen molar-refractivity contribution in [1.82, 2.24) is 0 Å². The molecule has 1 fully saturated rings. The summed E-state index contributed by atoms with van der Waals surface area (Å²) in [6, 6.07) is 51.6. The first-order chi connectivity index (χ1) is 35.2. The first-order valence-corrected chi connectivity index (χ1v) is 31.6. The maximum atomic E-state index is 2.81. The summed E-state index contributed by atoms with van der Waals surface area (Å²) in [6.45, 7) is 38.0. The van der Waals surface area contributed by atoms with Gasteiger partial charge >= 0.3 is 473 Å². The van der Waals surface area contributed by atoms with Crippen LogP contribution in [0.4, 0.5) is 0 Å². The molecule has 0 aliphatic heterocycles. The van der Waals surface area contributed by atoms with Crippen molar-refractivity contribution >= 4 is 42.0 Å². The summed E-state index contributed by atoms with van der Waals surface area (Å²) in [7, 11) is 0. The van der Waals surface area contributed by atoms with Crippen LogP contribution in [0.15, 0.2) is 127 Å². The monoisotopic (exact) mass is 1160 g/mol. The molecule has 7 aromatic carbocycles. The molecule has 8 rings (SSSR count). The molecule has 0 unspecified atom stereocenters. The van der Waals surface area contributed by atoms with Crippen molar-refractivity contribution in [3.63, 3.8) is 0 Å². The molecule has 0 bridgehead atoms.